The van der Waals surface area contributed by atoms with Crippen LogP contribution in [-0.2, 0) is 0 Å². The lowest BCUT2D eigenvalue weighted by Crippen LogP contribution is -2.26. The summed E-state index contributed by atoms with van der Waals surface area (Å²) in [5, 5.41) is 11.1. The van der Waals surface area contributed by atoms with Crippen LogP contribution in [0.4, 0.5) is 0 Å². The summed E-state index contributed by atoms with van der Waals surface area (Å²) in [4.78, 5) is 0. The molecule has 3 N–H and O–H groups in total. The Morgan fingerprint density at radius 3 is 2.91 bits per heavy atom. The van der Waals surface area contributed by atoms with Crippen molar-refractivity contribution in [3.8, 4) is 5.95 Å². The highest BCUT2D eigenvalue weighted by molar-refractivity contribution is 7.71. The van der Waals surface area contributed by atoms with E-state index in [-0.39, 0.29) is 5.41 Å². The standard InChI is InChI=1S/C16H22N6S/c1-11-5-4-9-16(2,3)13(11)7-6-12-8-10-18-22(12)14-19-20-15(23)21(14)17/h5-8,10,13H,4,9,17H2,1-3H3,(H,20,23)/b7-6+. The predicted octanol–water partition coefficient (Wildman–Crippen LogP) is 3.24. The molecule has 6 nitrogen and oxygen atoms in total. The van der Waals surface area contributed by atoms with Crippen molar-refractivity contribution in [2.45, 2.75) is 33.6 Å². The molecule has 0 fully saturated rings. The van der Waals surface area contributed by atoms with E-state index in [1.165, 1.54) is 16.7 Å². The van der Waals surface area contributed by atoms with Crippen LogP contribution < -0.4 is 5.84 Å². The van der Waals surface area contributed by atoms with E-state index in [9.17, 15) is 0 Å². The Kier molecular flexibility index (Phi) is 3.97. The van der Waals surface area contributed by atoms with E-state index in [0.29, 0.717) is 16.6 Å². The van der Waals surface area contributed by atoms with Gasteiger partial charge in [-0.2, -0.15) is 14.5 Å². The van der Waals surface area contributed by atoms with Crippen LogP contribution in [0.15, 0.2) is 30.0 Å². The number of nitrogen functional groups attached to an aromatic ring is 1. The third-order valence-electron chi connectivity index (χ3n) is 4.59. The molecule has 0 aliphatic heterocycles. The number of allylic oxidation sites excluding steroid dienone is 3. The minimum Gasteiger partial charge on any atom is -0.334 e. The monoisotopic (exact) mass is 330 g/mol. The fourth-order valence-electron chi connectivity index (χ4n) is 3.23. The molecule has 122 valence electrons. The number of nitrogens with zero attached hydrogens (tertiary/aromatic N) is 4. The van der Waals surface area contributed by atoms with Crippen molar-refractivity contribution in [3.05, 3.63) is 40.5 Å². The molecule has 0 aromatic carbocycles. The largest absolute Gasteiger partial charge is 0.334 e. The van der Waals surface area contributed by atoms with E-state index in [0.717, 1.165) is 12.1 Å². The van der Waals surface area contributed by atoms with Crippen LogP contribution in [0.5, 0.6) is 0 Å². The van der Waals surface area contributed by atoms with Gasteiger partial charge in [-0.05, 0) is 49.5 Å². The Bertz CT molecular complexity index is 820. The third kappa shape index (κ3) is 2.88. The van der Waals surface area contributed by atoms with Crippen LogP contribution in [-0.4, -0.2) is 24.7 Å². The van der Waals surface area contributed by atoms with Crippen LogP contribution in [0, 0.1) is 16.1 Å². The maximum Gasteiger partial charge on any atom is 0.269 e. The minimum absolute atomic E-state index is 0.258. The number of rotatable bonds is 3. The summed E-state index contributed by atoms with van der Waals surface area (Å²) in [5.41, 5.74) is 2.60. The van der Waals surface area contributed by atoms with Gasteiger partial charge in [-0.15, -0.1) is 5.10 Å². The molecule has 0 spiro atoms. The summed E-state index contributed by atoms with van der Waals surface area (Å²) in [5.74, 6) is 6.77. The van der Waals surface area contributed by atoms with Crippen LogP contribution in [0.2, 0.25) is 0 Å². The smallest absolute Gasteiger partial charge is 0.269 e. The van der Waals surface area contributed by atoms with E-state index in [2.05, 4.69) is 54.3 Å². The zero-order chi connectivity index (χ0) is 16.6. The average molecular weight is 330 g/mol. The van der Waals surface area contributed by atoms with Gasteiger partial charge in [0.25, 0.3) is 5.95 Å². The summed E-state index contributed by atoms with van der Waals surface area (Å²) in [6.07, 6.45) is 10.7. The van der Waals surface area contributed by atoms with Gasteiger partial charge in [0.05, 0.1) is 11.9 Å². The molecule has 1 unspecified atom stereocenters. The van der Waals surface area contributed by atoms with Crippen molar-refractivity contribution < 1.29 is 0 Å². The topological polar surface area (TPSA) is 77.5 Å². The van der Waals surface area contributed by atoms with E-state index < -0.39 is 0 Å². The Morgan fingerprint density at radius 2 is 2.26 bits per heavy atom. The second-order valence-corrected chi connectivity index (χ2v) is 7.07. The van der Waals surface area contributed by atoms with Gasteiger partial charge in [-0.3, -0.25) is 0 Å². The molecule has 1 aliphatic rings. The summed E-state index contributed by atoms with van der Waals surface area (Å²) < 4.78 is 3.35. The lowest BCUT2D eigenvalue weighted by molar-refractivity contribution is 0.256. The molecular formula is C16H22N6S. The first-order chi connectivity index (χ1) is 10.9. The summed E-state index contributed by atoms with van der Waals surface area (Å²) >= 11 is 5.06. The number of hydrogen-bond acceptors (Lipinski definition) is 4. The van der Waals surface area contributed by atoms with Gasteiger partial charge in [0.2, 0.25) is 4.77 Å². The second kappa shape index (κ2) is 5.81. The first-order valence-corrected chi connectivity index (χ1v) is 8.13. The van der Waals surface area contributed by atoms with Crippen LogP contribution in [0.3, 0.4) is 0 Å². The number of nitrogens with two attached hydrogens (primary N) is 1. The van der Waals surface area contributed by atoms with Gasteiger partial charge in [0.1, 0.15) is 0 Å². The van der Waals surface area contributed by atoms with Crippen molar-refractivity contribution >= 4 is 18.3 Å². The highest BCUT2D eigenvalue weighted by Crippen LogP contribution is 2.41. The van der Waals surface area contributed by atoms with Gasteiger partial charge in [0.15, 0.2) is 0 Å². The van der Waals surface area contributed by atoms with E-state index in [1.54, 1.807) is 10.9 Å². The molecule has 0 bridgehead atoms. The van der Waals surface area contributed by atoms with Crippen molar-refractivity contribution in [1.29, 1.82) is 0 Å². The van der Waals surface area contributed by atoms with Crippen LogP contribution in [0.1, 0.15) is 39.3 Å². The molecule has 0 saturated carbocycles. The van der Waals surface area contributed by atoms with E-state index in [4.69, 9.17) is 18.1 Å². The number of hydrogen-bond donors (Lipinski definition) is 2. The third-order valence-corrected chi connectivity index (χ3v) is 4.88. The zero-order valence-corrected chi connectivity index (χ0v) is 14.5. The number of aromatic amines is 1. The van der Waals surface area contributed by atoms with Crippen LogP contribution >= 0.6 is 12.2 Å². The van der Waals surface area contributed by atoms with Gasteiger partial charge < -0.3 is 5.84 Å². The molecule has 23 heavy (non-hydrogen) atoms. The highest BCUT2D eigenvalue weighted by atomic mass is 32.1. The quantitative estimate of drug-likeness (QED) is 0.514. The summed E-state index contributed by atoms with van der Waals surface area (Å²) in [6.45, 7) is 6.85. The van der Waals surface area contributed by atoms with Gasteiger partial charge in [-0.25, -0.2) is 5.10 Å². The molecule has 2 aromatic heterocycles. The molecule has 7 heteroatoms. The summed E-state index contributed by atoms with van der Waals surface area (Å²) in [6, 6.07) is 1.93. The highest BCUT2D eigenvalue weighted by Gasteiger charge is 2.30. The van der Waals surface area contributed by atoms with E-state index in [1.807, 2.05) is 6.07 Å². The van der Waals surface area contributed by atoms with Crippen molar-refractivity contribution in [2.24, 2.45) is 11.3 Å². The maximum atomic E-state index is 5.89. The van der Waals surface area contributed by atoms with E-state index >= 15 is 0 Å². The maximum absolute atomic E-state index is 5.89. The molecule has 2 aromatic rings. The van der Waals surface area contributed by atoms with Gasteiger partial charge in [-0.1, -0.05) is 31.6 Å². The fourth-order valence-corrected chi connectivity index (χ4v) is 3.36. The average Bonchev–Trinajstić information content (AvgIpc) is 3.06. The van der Waals surface area contributed by atoms with Crippen molar-refractivity contribution in [1.82, 2.24) is 24.7 Å². The number of aromatic nitrogens is 5. The first-order valence-electron chi connectivity index (χ1n) is 7.72. The fraction of sp³-hybridized carbons (Fsp3) is 0.438. The molecule has 1 aliphatic carbocycles. The predicted molar refractivity (Wildman–Crippen MR) is 94.0 cm³/mol. The van der Waals surface area contributed by atoms with Crippen LogP contribution in [0.25, 0.3) is 12.0 Å². The van der Waals surface area contributed by atoms with Crippen molar-refractivity contribution in [3.63, 3.8) is 0 Å². The molecular weight excluding hydrogens is 308 g/mol. The Hall–Kier alpha value is -2.15. The second-order valence-electron chi connectivity index (χ2n) is 6.68. The van der Waals surface area contributed by atoms with Gasteiger partial charge in [0, 0.05) is 5.92 Å². The first kappa shape index (κ1) is 15.7. The lowest BCUT2D eigenvalue weighted by Gasteiger charge is -2.36. The Morgan fingerprint density at radius 1 is 1.48 bits per heavy atom. The molecule has 0 saturated heterocycles. The molecule has 0 amide bonds. The van der Waals surface area contributed by atoms with Crippen molar-refractivity contribution in [2.75, 3.05) is 5.84 Å². The normalized spacial score (nSPS) is 20.8. The lowest BCUT2D eigenvalue weighted by atomic mass is 9.68. The molecule has 0 radical (unpaired) electrons. The molecule has 3 rings (SSSR count). The minimum atomic E-state index is 0.258. The molecule has 2 heterocycles. The Balaban J connectivity index is 1.94. The Labute approximate surface area is 140 Å². The van der Waals surface area contributed by atoms with Gasteiger partial charge >= 0.3 is 0 Å². The number of nitrogens with one attached hydrogen (secondary N) is 1. The summed E-state index contributed by atoms with van der Waals surface area (Å²) in [7, 11) is 0. The SMILES string of the molecule is CC1=CCCC(C)(C)C1/C=C/c1ccnn1-c1n[nH]c(=S)n1N. The number of H-pyrrole nitrogens is 1. The zero-order valence-electron chi connectivity index (χ0n) is 13.7. The molecule has 1 atom stereocenters.